The highest BCUT2D eigenvalue weighted by molar-refractivity contribution is 7.99. The number of carboxylic acids is 1. The molecule has 7 heteroatoms. The number of likely N-dealkylation sites (tertiary alicyclic amines) is 1. The van der Waals surface area contributed by atoms with Gasteiger partial charge in [0.15, 0.2) is 0 Å². The van der Waals surface area contributed by atoms with Gasteiger partial charge in [0.1, 0.15) is 6.04 Å². The number of carboxylic acid groups (broad SMARTS) is 1. The minimum Gasteiger partial charge on any atom is -0.481 e. The zero-order valence-corrected chi connectivity index (χ0v) is 16.6. The van der Waals surface area contributed by atoms with Crippen molar-refractivity contribution in [2.24, 2.45) is 23.2 Å². The Morgan fingerprint density at radius 2 is 1.70 bits per heavy atom. The number of nitrogens with one attached hydrogen (secondary N) is 1. The van der Waals surface area contributed by atoms with Gasteiger partial charge in [-0.25, -0.2) is 0 Å². The second-order valence-electron chi connectivity index (χ2n) is 9.09. The zero-order chi connectivity index (χ0) is 19.0. The molecule has 4 aliphatic carbocycles. The molecule has 0 aromatic rings. The number of amides is 2. The van der Waals surface area contributed by atoms with Gasteiger partial charge in [-0.1, -0.05) is 0 Å². The minimum absolute atomic E-state index is 0.0515. The highest BCUT2D eigenvalue weighted by atomic mass is 32.2. The molecule has 2 N–H and O–H groups in total. The number of nitrogens with zero attached hydrogens (tertiary/aromatic N) is 1. The van der Waals surface area contributed by atoms with E-state index in [1.165, 1.54) is 31.0 Å². The van der Waals surface area contributed by atoms with Crippen molar-refractivity contribution in [2.45, 2.75) is 57.4 Å². The van der Waals surface area contributed by atoms with Gasteiger partial charge in [-0.15, -0.1) is 11.8 Å². The van der Waals surface area contributed by atoms with Gasteiger partial charge in [0.2, 0.25) is 11.8 Å². The van der Waals surface area contributed by atoms with Crippen LogP contribution in [-0.4, -0.2) is 58.4 Å². The molecule has 1 aliphatic heterocycles. The molecule has 27 heavy (non-hydrogen) atoms. The molecule has 1 heterocycles. The first-order chi connectivity index (χ1) is 13.0. The average molecular weight is 395 g/mol. The van der Waals surface area contributed by atoms with Crippen LogP contribution >= 0.6 is 11.8 Å². The Labute approximate surface area is 164 Å². The van der Waals surface area contributed by atoms with Gasteiger partial charge in [-0.05, 0) is 69.1 Å². The molecule has 0 aromatic carbocycles. The van der Waals surface area contributed by atoms with Gasteiger partial charge >= 0.3 is 5.97 Å². The van der Waals surface area contributed by atoms with Crippen LogP contribution in [0.2, 0.25) is 0 Å². The summed E-state index contributed by atoms with van der Waals surface area (Å²) in [4.78, 5) is 38.6. The lowest BCUT2D eigenvalue weighted by Crippen LogP contribution is -2.57. The summed E-state index contributed by atoms with van der Waals surface area (Å²) in [6, 6.07) is -0.338. The Balaban J connectivity index is 1.34. The normalized spacial score (nSPS) is 36.8. The quantitative estimate of drug-likeness (QED) is 0.646. The van der Waals surface area contributed by atoms with Crippen LogP contribution in [0.1, 0.15) is 51.4 Å². The molecule has 4 saturated carbocycles. The maximum absolute atomic E-state index is 13.5. The van der Waals surface area contributed by atoms with E-state index in [9.17, 15) is 14.4 Å². The van der Waals surface area contributed by atoms with Gasteiger partial charge in [0.25, 0.3) is 0 Å². The highest BCUT2D eigenvalue weighted by Crippen LogP contribution is 2.60. The van der Waals surface area contributed by atoms with Crippen LogP contribution < -0.4 is 5.32 Å². The van der Waals surface area contributed by atoms with Crippen LogP contribution in [0.5, 0.6) is 0 Å². The summed E-state index contributed by atoms with van der Waals surface area (Å²) in [6.45, 7) is 1.15. The Morgan fingerprint density at radius 3 is 2.30 bits per heavy atom. The number of aliphatic carboxylic acids is 1. The Bertz CT molecular complexity index is 588. The van der Waals surface area contributed by atoms with Crippen molar-refractivity contribution in [3.8, 4) is 0 Å². The molecular weight excluding hydrogens is 364 g/mol. The average Bonchev–Trinajstić information content (AvgIpc) is 3.08. The molecule has 150 valence electrons. The standard InChI is InChI=1S/C20H30N2O4S/c23-17(24)12-27-5-3-21-18(25)16-2-1-4-22(16)19(26)20-9-13-6-14(10-20)8-15(7-13)11-20/h13-16H,1-12H2,(H,21,25)(H,23,24). The van der Waals surface area contributed by atoms with Gasteiger partial charge in [0.05, 0.1) is 11.2 Å². The summed E-state index contributed by atoms with van der Waals surface area (Å²) in [5.74, 6) is 2.14. The molecule has 1 saturated heterocycles. The summed E-state index contributed by atoms with van der Waals surface area (Å²) in [7, 11) is 0. The summed E-state index contributed by atoms with van der Waals surface area (Å²) >= 11 is 1.30. The van der Waals surface area contributed by atoms with E-state index in [1.54, 1.807) is 0 Å². The molecule has 0 radical (unpaired) electrons. The summed E-state index contributed by atoms with van der Waals surface area (Å²) in [5.41, 5.74) is -0.186. The van der Waals surface area contributed by atoms with Crippen LogP contribution in [0.4, 0.5) is 0 Å². The van der Waals surface area contributed by atoms with E-state index >= 15 is 0 Å². The van der Waals surface area contributed by atoms with E-state index in [2.05, 4.69) is 5.32 Å². The second kappa shape index (κ2) is 7.64. The molecule has 1 atom stereocenters. The van der Waals surface area contributed by atoms with Crippen molar-refractivity contribution in [1.82, 2.24) is 10.2 Å². The van der Waals surface area contributed by atoms with Crippen LogP contribution in [0.25, 0.3) is 0 Å². The Hall–Kier alpha value is -1.24. The van der Waals surface area contributed by atoms with Crippen LogP contribution in [0, 0.1) is 23.2 Å². The predicted octanol–water partition coefficient (Wildman–Crippen LogP) is 2.13. The molecule has 0 aromatic heterocycles. The molecule has 0 spiro atoms. The number of carbonyl (C=O) groups excluding carboxylic acids is 2. The third kappa shape index (κ3) is 3.84. The van der Waals surface area contributed by atoms with Gasteiger partial charge < -0.3 is 15.3 Å². The summed E-state index contributed by atoms with van der Waals surface area (Å²) < 4.78 is 0. The first-order valence-electron chi connectivity index (χ1n) is 10.4. The van der Waals surface area contributed by atoms with E-state index in [0.29, 0.717) is 18.8 Å². The maximum Gasteiger partial charge on any atom is 0.313 e. The van der Waals surface area contributed by atoms with Crippen molar-refractivity contribution in [2.75, 3.05) is 24.6 Å². The number of thioether (sulfide) groups is 1. The fourth-order valence-electron chi connectivity index (χ4n) is 6.48. The van der Waals surface area contributed by atoms with Crippen LogP contribution in [-0.2, 0) is 14.4 Å². The van der Waals surface area contributed by atoms with E-state index in [1.807, 2.05) is 4.90 Å². The predicted molar refractivity (Wildman–Crippen MR) is 103 cm³/mol. The monoisotopic (exact) mass is 394 g/mol. The smallest absolute Gasteiger partial charge is 0.313 e. The van der Waals surface area contributed by atoms with E-state index in [0.717, 1.165) is 49.9 Å². The fourth-order valence-corrected chi connectivity index (χ4v) is 7.05. The minimum atomic E-state index is -0.838. The molecule has 1 unspecified atom stereocenters. The fraction of sp³-hybridized carbons (Fsp3) is 0.850. The SMILES string of the molecule is O=C(O)CSCCNC(=O)C1CCCN1C(=O)C12CC3CC(CC(C3)C1)C2. The first-order valence-corrected chi connectivity index (χ1v) is 11.5. The highest BCUT2D eigenvalue weighted by Gasteiger charge is 2.56. The van der Waals surface area contributed by atoms with E-state index < -0.39 is 5.97 Å². The molecule has 5 rings (SSSR count). The van der Waals surface area contributed by atoms with Crippen molar-refractivity contribution in [3.63, 3.8) is 0 Å². The van der Waals surface area contributed by atoms with Crippen molar-refractivity contribution in [1.29, 1.82) is 0 Å². The van der Waals surface area contributed by atoms with Crippen LogP contribution in [0.15, 0.2) is 0 Å². The molecule has 5 aliphatic rings. The number of carbonyl (C=O) groups is 3. The van der Waals surface area contributed by atoms with Gasteiger partial charge in [-0.3, -0.25) is 14.4 Å². The molecule has 4 bridgehead atoms. The zero-order valence-electron chi connectivity index (χ0n) is 15.8. The van der Waals surface area contributed by atoms with Crippen molar-refractivity contribution >= 4 is 29.5 Å². The molecule has 2 amide bonds. The lowest BCUT2D eigenvalue weighted by Gasteiger charge is -2.56. The first kappa shape index (κ1) is 19.1. The van der Waals surface area contributed by atoms with Crippen molar-refractivity contribution in [3.05, 3.63) is 0 Å². The largest absolute Gasteiger partial charge is 0.481 e. The van der Waals surface area contributed by atoms with E-state index in [-0.39, 0.29) is 29.0 Å². The maximum atomic E-state index is 13.5. The third-order valence-electron chi connectivity index (χ3n) is 7.08. The van der Waals surface area contributed by atoms with Crippen molar-refractivity contribution < 1.29 is 19.5 Å². The summed E-state index contributed by atoms with van der Waals surface area (Å²) in [5, 5.41) is 11.6. The molecule has 5 fully saturated rings. The number of hydrogen-bond acceptors (Lipinski definition) is 4. The molecule has 6 nitrogen and oxygen atoms in total. The molecular formula is C20H30N2O4S. The Kier molecular flexibility index (Phi) is 5.41. The Morgan fingerprint density at radius 1 is 1.07 bits per heavy atom. The third-order valence-corrected chi connectivity index (χ3v) is 8.02. The van der Waals surface area contributed by atoms with Gasteiger partial charge in [-0.2, -0.15) is 0 Å². The second-order valence-corrected chi connectivity index (χ2v) is 10.2. The lowest BCUT2D eigenvalue weighted by molar-refractivity contribution is -0.160. The van der Waals surface area contributed by atoms with Gasteiger partial charge in [0, 0.05) is 18.8 Å². The number of rotatable bonds is 7. The lowest BCUT2D eigenvalue weighted by atomic mass is 9.49. The van der Waals surface area contributed by atoms with Crippen LogP contribution in [0.3, 0.4) is 0 Å². The number of hydrogen-bond donors (Lipinski definition) is 2. The summed E-state index contributed by atoms with van der Waals surface area (Å²) in [6.07, 6.45) is 8.67. The topological polar surface area (TPSA) is 86.7 Å². The van der Waals surface area contributed by atoms with E-state index in [4.69, 9.17) is 5.11 Å².